The highest BCUT2D eigenvalue weighted by molar-refractivity contribution is 7.20. The molecule has 2 aliphatic heterocycles. The number of rotatable bonds is 13. The van der Waals surface area contributed by atoms with Crippen LogP contribution in [0.15, 0.2) is 382 Å². The summed E-state index contributed by atoms with van der Waals surface area (Å²) in [5.41, 5.74) is 23.5. The summed E-state index contributed by atoms with van der Waals surface area (Å²) in [7, 11) is -2.94. The number of fused-ring (bicyclic) bond motifs is 7. The first-order valence-electron chi connectivity index (χ1n) is 40.4. The maximum atomic E-state index is 10.3. The van der Waals surface area contributed by atoms with Gasteiger partial charge in [-0.1, -0.05) is 330 Å². The van der Waals surface area contributed by atoms with Crippen LogP contribution in [0.25, 0.3) is 94.3 Å². The van der Waals surface area contributed by atoms with E-state index in [2.05, 4.69) is 348 Å². The average molecular weight is 1390 g/mol. The van der Waals surface area contributed by atoms with Crippen molar-refractivity contribution in [2.24, 2.45) is 0 Å². The molecular weight excluding hydrogens is 1310 g/mol. The largest absolute Gasteiger partial charge is 0.310 e. The quantitative estimate of drug-likeness (QED) is 0.0842. The van der Waals surface area contributed by atoms with Gasteiger partial charge in [-0.25, -0.2) is 0 Å². The molecule has 3 heterocycles. The van der Waals surface area contributed by atoms with Crippen molar-refractivity contribution in [1.29, 1.82) is 0 Å². The molecule has 0 saturated carbocycles. The van der Waals surface area contributed by atoms with E-state index in [1.54, 1.807) is 4.57 Å². The lowest BCUT2D eigenvalue weighted by molar-refractivity contribution is 0.590. The smallest absolute Gasteiger partial charge is 0.252 e. The summed E-state index contributed by atoms with van der Waals surface area (Å²) < 4.78 is 70.8. The molecule has 17 aromatic rings. The van der Waals surface area contributed by atoms with E-state index in [1.165, 1.54) is 20.7 Å². The summed E-state index contributed by atoms with van der Waals surface area (Å²) in [4.78, 5) is 5.07. The van der Waals surface area contributed by atoms with E-state index in [0.717, 1.165) is 123 Å². The molecule has 0 saturated heterocycles. The normalized spacial score (nSPS) is 13.4. The Hall–Kier alpha value is -12.8. The van der Waals surface area contributed by atoms with E-state index in [-0.39, 0.29) is 57.6 Å². The van der Waals surface area contributed by atoms with Gasteiger partial charge in [0.05, 0.1) is 32.0 Å². The van der Waals surface area contributed by atoms with Crippen molar-refractivity contribution in [1.82, 2.24) is 4.57 Å². The van der Waals surface area contributed by atoms with Gasteiger partial charge in [0.1, 0.15) is 0 Å². The Balaban J connectivity index is 0.962. The Bertz CT molecular complexity index is 6450. The number of hydrogen-bond donors (Lipinski definition) is 0. The van der Waals surface area contributed by atoms with Gasteiger partial charge in [-0.2, -0.15) is 0 Å². The molecule has 0 amide bonds. The van der Waals surface area contributed by atoms with Crippen LogP contribution in [0.5, 0.6) is 0 Å². The van der Waals surface area contributed by atoms with Crippen LogP contribution >= 0.6 is 0 Å². The van der Waals surface area contributed by atoms with Crippen LogP contribution < -0.4 is 46.9 Å². The maximum absolute atomic E-state index is 10.3. The molecule has 19 rings (SSSR count). The standard InChI is InChI=1S/C102H78BN3Si/c1-69-60-86(73-34-16-7-17-35-73)100(87(61-69)74-36-18-8-19-37-74)105-95-59-53-78(72-50-55-84(56-51-72)107(81-42-24-11-25-43-81,82-44-26-12-27-45-82)83-46-28-13-29-47-83)65-92(95)103-91-57-54-80(104-93-49-31-30-48-85(93)90-64-77(52-58-94(90)104)71-32-14-6-15-33-71)68-96(91)106(98-67-79(102(3,4)5)66-97(105)99(98)103)101-88(75-38-20-9-21-39-75)62-70(2)63-89(101)76-40-22-10-23-41-76/h6-68H,1-5H3/i30D,31D,48D,49D,52D,58D,64D. The van der Waals surface area contributed by atoms with Crippen molar-refractivity contribution in [3.63, 3.8) is 0 Å². The first-order chi connectivity index (χ1) is 55.5. The molecular formula is C102H78BN3Si. The molecule has 16 aromatic carbocycles. The fraction of sp³-hybridized carbons (Fsp3) is 0.0588. The lowest BCUT2D eigenvalue weighted by Crippen LogP contribution is -2.74. The number of aromatic nitrogens is 1. The Labute approximate surface area is 639 Å². The van der Waals surface area contributed by atoms with Gasteiger partial charge < -0.3 is 14.4 Å². The van der Waals surface area contributed by atoms with E-state index in [4.69, 9.17) is 0 Å². The highest BCUT2D eigenvalue weighted by atomic mass is 28.3. The summed E-state index contributed by atoms with van der Waals surface area (Å²) >= 11 is 0. The molecule has 5 heteroatoms. The number of nitrogens with zero attached hydrogens (tertiary/aromatic N) is 3. The summed E-state index contributed by atoms with van der Waals surface area (Å²) in [5, 5.41) is 5.42. The second-order valence-electron chi connectivity index (χ2n) is 29.5. The summed E-state index contributed by atoms with van der Waals surface area (Å²) in [6, 6.07) is 120. The molecule has 0 N–H and O–H groups in total. The SMILES string of the molecule is [2H]c1c([2H])c([2H])c2c(c1[2H])c1c([2H])c(-c3ccccc3)c([2H])c([2H])c1n2-c1ccc2c(c1)N(c1c(-c3ccccc3)cc(C)cc1-c1ccccc1)c1cc(C(C)(C)C)cc3c1B2c1cc(-c2ccc([Si](c4ccccc4)(c4ccccc4)c4ccccc4)cc2)ccc1N3c1c(-c2ccccc2)cc(C)cc1-c1ccccc1. The van der Waals surface area contributed by atoms with Gasteiger partial charge in [-0.3, -0.25) is 0 Å². The van der Waals surface area contributed by atoms with Gasteiger partial charge in [-0.15, -0.1) is 0 Å². The van der Waals surface area contributed by atoms with Crippen molar-refractivity contribution in [2.75, 3.05) is 9.80 Å². The minimum Gasteiger partial charge on any atom is -0.310 e. The molecule has 508 valence electrons. The number of hydrogen-bond acceptors (Lipinski definition) is 2. The fourth-order valence-electron chi connectivity index (χ4n) is 17.1. The number of benzene rings is 16. The van der Waals surface area contributed by atoms with Crippen molar-refractivity contribution in [3.8, 4) is 72.4 Å². The number of aryl methyl sites for hydroxylation is 2. The minimum atomic E-state index is -2.94. The highest BCUT2D eigenvalue weighted by Gasteiger charge is 2.47. The second-order valence-corrected chi connectivity index (χ2v) is 33.3. The second kappa shape index (κ2) is 26.4. The van der Waals surface area contributed by atoms with Crippen LogP contribution in [0.1, 0.15) is 47.1 Å². The third kappa shape index (κ3) is 11.0. The van der Waals surface area contributed by atoms with Gasteiger partial charge >= 0.3 is 0 Å². The molecule has 0 unspecified atom stereocenters. The Morgan fingerprint density at radius 3 is 1.19 bits per heavy atom. The zero-order chi connectivity index (χ0) is 78.0. The molecule has 0 fully saturated rings. The molecule has 2 aliphatic rings. The Kier molecular flexibility index (Phi) is 14.2. The van der Waals surface area contributed by atoms with Crippen LogP contribution in [0, 0.1) is 13.8 Å². The number of anilines is 6. The molecule has 0 spiro atoms. The zero-order valence-corrected chi connectivity index (χ0v) is 61.3. The predicted octanol–water partition coefficient (Wildman–Crippen LogP) is 22.2. The van der Waals surface area contributed by atoms with Gasteiger partial charge in [-0.05, 0) is 190 Å². The van der Waals surface area contributed by atoms with Crippen molar-refractivity contribution < 1.29 is 9.60 Å². The van der Waals surface area contributed by atoms with Gasteiger partial charge in [0, 0.05) is 61.5 Å². The predicted molar refractivity (Wildman–Crippen MR) is 459 cm³/mol. The third-order valence-corrected chi connectivity index (χ3v) is 26.8. The van der Waals surface area contributed by atoms with Gasteiger partial charge in [0.25, 0.3) is 6.71 Å². The van der Waals surface area contributed by atoms with E-state index < -0.39 is 32.3 Å². The molecule has 1 aromatic heterocycles. The minimum absolute atomic E-state index is 0.0976. The van der Waals surface area contributed by atoms with E-state index in [1.807, 2.05) is 36.4 Å². The van der Waals surface area contributed by atoms with Gasteiger partial charge in [0.2, 0.25) is 0 Å². The van der Waals surface area contributed by atoms with E-state index >= 15 is 0 Å². The molecule has 0 radical (unpaired) electrons. The summed E-state index contributed by atoms with van der Waals surface area (Å²) in [6.07, 6.45) is 0. The third-order valence-electron chi connectivity index (χ3n) is 22.0. The van der Waals surface area contributed by atoms with Crippen LogP contribution in [0.3, 0.4) is 0 Å². The maximum Gasteiger partial charge on any atom is 0.252 e. The number of para-hydroxylation sites is 1. The van der Waals surface area contributed by atoms with Crippen LogP contribution in [-0.4, -0.2) is 19.4 Å². The molecule has 0 aliphatic carbocycles. The first-order valence-corrected chi connectivity index (χ1v) is 38.9. The van der Waals surface area contributed by atoms with Gasteiger partial charge in [0.15, 0.2) is 8.07 Å². The molecule has 0 atom stereocenters. The van der Waals surface area contributed by atoms with Crippen LogP contribution in [0.4, 0.5) is 34.1 Å². The molecule has 0 bridgehead atoms. The van der Waals surface area contributed by atoms with Crippen LogP contribution in [-0.2, 0) is 5.41 Å². The van der Waals surface area contributed by atoms with E-state index in [0.29, 0.717) is 11.3 Å². The summed E-state index contributed by atoms with van der Waals surface area (Å²) in [5.74, 6) is 0. The topological polar surface area (TPSA) is 11.4 Å². The van der Waals surface area contributed by atoms with E-state index in [9.17, 15) is 9.60 Å². The first kappa shape index (κ1) is 57.6. The fourth-order valence-corrected chi connectivity index (χ4v) is 21.9. The Morgan fingerprint density at radius 2 is 0.720 bits per heavy atom. The Morgan fingerprint density at radius 1 is 0.318 bits per heavy atom. The molecule has 3 nitrogen and oxygen atoms in total. The summed E-state index contributed by atoms with van der Waals surface area (Å²) in [6.45, 7) is 10.8. The van der Waals surface area contributed by atoms with Crippen molar-refractivity contribution >= 4 is 108 Å². The lowest BCUT2D eigenvalue weighted by Gasteiger charge is -2.46. The van der Waals surface area contributed by atoms with Crippen LogP contribution in [0.2, 0.25) is 0 Å². The lowest BCUT2D eigenvalue weighted by atomic mass is 9.33. The van der Waals surface area contributed by atoms with Crippen molar-refractivity contribution in [2.45, 2.75) is 40.0 Å². The molecule has 107 heavy (non-hydrogen) atoms. The monoisotopic (exact) mass is 1390 g/mol. The highest BCUT2D eigenvalue weighted by Crippen LogP contribution is 2.55. The zero-order valence-electron chi connectivity index (χ0n) is 67.3. The van der Waals surface area contributed by atoms with Crippen molar-refractivity contribution in [3.05, 3.63) is 399 Å². The average Bonchev–Trinajstić information content (AvgIpc) is 1.40.